The van der Waals surface area contributed by atoms with E-state index >= 15 is 0 Å². The van der Waals surface area contributed by atoms with Gasteiger partial charge in [-0.15, -0.1) is 5.10 Å². The second-order valence-electron chi connectivity index (χ2n) is 6.05. The van der Waals surface area contributed by atoms with E-state index in [4.69, 9.17) is 4.74 Å². The number of hydrogen-bond acceptors (Lipinski definition) is 4. The third-order valence-electron chi connectivity index (χ3n) is 3.88. The van der Waals surface area contributed by atoms with E-state index in [1.54, 1.807) is 22.9 Å². The van der Waals surface area contributed by atoms with Crippen molar-refractivity contribution in [3.05, 3.63) is 89.5 Å². The van der Waals surface area contributed by atoms with Crippen molar-refractivity contribution in [2.24, 2.45) is 0 Å². The zero-order valence-electron chi connectivity index (χ0n) is 14.8. The zero-order chi connectivity index (χ0) is 18.9. The number of nitrogens with zero attached hydrogens (tertiary/aromatic N) is 3. The SMILES string of the molecule is O=C(/C=C/c1ccccc1)OCCCc1cn(Cc2ccc(F)cc2)nn1. The van der Waals surface area contributed by atoms with Gasteiger partial charge in [-0.1, -0.05) is 47.7 Å². The normalized spacial score (nSPS) is 11.0. The summed E-state index contributed by atoms with van der Waals surface area (Å²) in [6, 6.07) is 15.9. The first-order valence-electron chi connectivity index (χ1n) is 8.72. The maximum atomic E-state index is 12.9. The molecule has 1 heterocycles. The molecular weight excluding hydrogens is 345 g/mol. The van der Waals surface area contributed by atoms with E-state index in [9.17, 15) is 9.18 Å². The lowest BCUT2D eigenvalue weighted by atomic mass is 10.2. The molecule has 0 N–H and O–H groups in total. The Morgan fingerprint density at radius 3 is 2.67 bits per heavy atom. The van der Waals surface area contributed by atoms with Gasteiger partial charge in [-0.2, -0.15) is 0 Å². The Labute approximate surface area is 157 Å². The maximum Gasteiger partial charge on any atom is 0.330 e. The molecule has 1 aromatic heterocycles. The van der Waals surface area contributed by atoms with E-state index in [0.29, 0.717) is 26.0 Å². The van der Waals surface area contributed by atoms with Crippen molar-refractivity contribution < 1.29 is 13.9 Å². The average molecular weight is 365 g/mol. The fraction of sp³-hybridized carbons (Fsp3) is 0.190. The van der Waals surface area contributed by atoms with Gasteiger partial charge in [-0.3, -0.25) is 0 Å². The van der Waals surface area contributed by atoms with Gasteiger partial charge >= 0.3 is 5.97 Å². The molecule has 6 heteroatoms. The third-order valence-corrected chi connectivity index (χ3v) is 3.88. The molecule has 0 spiro atoms. The predicted octanol–water partition coefficient (Wildman–Crippen LogP) is 3.65. The van der Waals surface area contributed by atoms with Crippen LogP contribution in [0.25, 0.3) is 6.08 Å². The number of benzene rings is 2. The molecule has 5 nitrogen and oxygen atoms in total. The molecule has 0 amide bonds. The lowest BCUT2D eigenvalue weighted by Crippen LogP contribution is -2.03. The molecular formula is C21H20FN3O2. The number of aryl methyl sites for hydroxylation is 1. The van der Waals surface area contributed by atoms with Gasteiger partial charge in [0.15, 0.2) is 0 Å². The minimum atomic E-state index is -0.362. The van der Waals surface area contributed by atoms with Crippen molar-refractivity contribution in [2.75, 3.05) is 6.61 Å². The summed E-state index contributed by atoms with van der Waals surface area (Å²) in [7, 11) is 0. The lowest BCUT2D eigenvalue weighted by molar-refractivity contribution is -0.137. The Bertz CT molecular complexity index is 889. The van der Waals surface area contributed by atoms with E-state index in [0.717, 1.165) is 16.8 Å². The Kier molecular flexibility index (Phi) is 6.46. The highest BCUT2D eigenvalue weighted by Crippen LogP contribution is 2.06. The molecule has 0 saturated carbocycles. The number of esters is 1. The molecule has 2 aromatic carbocycles. The highest BCUT2D eigenvalue weighted by Gasteiger charge is 2.03. The van der Waals surface area contributed by atoms with Crippen molar-refractivity contribution in [2.45, 2.75) is 19.4 Å². The van der Waals surface area contributed by atoms with Crippen LogP contribution in [0.15, 0.2) is 66.9 Å². The topological polar surface area (TPSA) is 57.0 Å². The zero-order valence-corrected chi connectivity index (χ0v) is 14.8. The summed E-state index contributed by atoms with van der Waals surface area (Å²) < 4.78 is 19.8. The van der Waals surface area contributed by atoms with Crippen LogP contribution in [0.4, 0.5) is 4.39 Å². The fourth-order valence-corrected chi connectivity index (χ4v) is 2.51. The quantitative estimate of drug-likeness (QED) is 0.347. The Morgan fingerprint density at radius 1 is 1.11 bits per heavy atom. The van der Waals surface area contributed by atoms with Gasteiger partial charge in [0, 0.05) is 12.3 Å². The first-order chi connectivity index (χ1) is 13.2. The van der Waals surface area contributed by atoms with Crippen LogP contribution < -0.4 is 0 Å². The van der Waals surface area contributed by atoms with Crippen LogP contribution in [0.3, 0.4) is 0 Å². The van der Waals surface area contributed by atoms with Crippen LogP contribution in [0.2, 0.25) is 0 Å². The van der Waals surface area contributed by atoms with Crippen molar-refractivity contribution in [1.29, 1.82) is 0 Å². The predicted molar refractivity (Wildman–Crippen MR) is 100 cm³/mol. The number of aromatic nitrogens is 3. The summed E-state index contributed by atoms with van der Waals surface area (Å²) in [6.07, 6.45) is 6.33. The Balaban J connectivity index is 1.38. The molecule has 3 aromatic rings. The number of halogens is 1. The van der Waals surface area contributed by atoms with Crippen LogP contribution in [0, 0.1) is 5.82 Å². The van der Waals surface area contributed by atoms with Crippen molar-refractivity contribution in [3.63, 3.8) is 0 Å². The first-order valence-corrected chi connectivity index (χ1v) is 8.72. The number of carbonyl (C=O) groups is 1. The molecule has 0 unspecified atom stereocenters. The molecule has 0 aliphatic heterocycles. The molecule has 138 valence electrons. The third kappa shape index (κ3) is 6.18. The van der Waals surface area contributed by atoms with Crippen LogP contribution in [-0.4, -0.2) is 27.6 Å². The van der Waals surface area contributed by atoms with Gasteiger partial charge in [0.05, 0.1) is 18.8 Å². The summed E-state index contributed by atoms with van der Waals surface area (Å²) >= 11 is 0. The molecule has 3 rings (SSSR count). The van der Waals surface area contributed by atoms with E-state index in [1.807, 2.05) is 36.5 Å². The molecule has 0 radical (unpaired) electrons. The fourth-order valence-electron chi connectivity index (χ4n) is 2.51. The van der Waals surface area contributed by atoms with Gasteiger partial charge in [0.2, 0.25) is 0 Å². The largest absolute Gasteiger partial charge is 0.463 e. The summed E-state index contributed by atoms with van der Waals surface area (Å²) in [5, 5.41) is 8.17. The van der Waals surface area contributed by atoms with Crippen LogP contribution >= 0.6 is 0 Å². The number of hydrogen-bond donors (Lipinski definition) is 0. The smallest absolute Gasteiger partial charge is 0.330 e. The van der Waals surface area contributed by atoms with Crippen molar-refractivity contribution in [1.82, 2.24) is 15.0 Å². The second-order valence-corrected chi connectivity index (χ2v) is 6.05. The minimum Gasteiger partial charge on any atom is -0.463 e. The molecule has 0 bridgehead atoms. The molecule has 0 saturated heterocycles. The standard InChI is InChI=1S/C21H20FN3O2/c22-19-11-8-18(9-12-19)15-25-16-20(23-24-25)7-4-14-27-21(26)13-10-17-5-2-1-3-6-17/h1-3,5-6,8-13,16H,4,7,14-15H2/b13-10+. The van der Waals surface area contributed by atoms with Gasteiger partial charge in [0.25, 0.3) is 0 Å². The van der Waals surface area contributed by atoms with Gasteiger partial charge in [-0.25, -0.2) is 13.9 Å². The number of ether oxygens (including phenoxy) is 1. The monoisotopic (exact) mass is 365 g/mol. The summed E-state index contributed by atoms with van der Waals surface area (Å²) in [5.41, 5.74) is 2.73. The van der Waals surface area contributed by atoms with E-state index < -0.39 is 0 Å². The number of rotatable bonds is 8. The minimum absolute atomic E-state index is 0.258. The summed E-state index contributed by atoms with van der Waals surface area (Å²) in [6.45, 7) is 0.856. The van der Waals surface area contributed by atoms with Crippen molar-refractivity contribution >= 4 is 12.0 Å². The van der Waals surface area contributed by atoms with Crippen LogP contribution in [-0.2, 0) is 22.5 Å². The van der Waals surface area contributed by atoms with E-state index in [2.05, 4.69) is 10.3 Å². The highest BCUT2D eigenvalue weighted by molar-refractivity contribution is 5.86. The maximum absolute atomic E-state index is 12.9. The first kappa shape index (κ1) is 18.5. The van der Waals surface area contributed by atoms with Crippen LogP contribution in [0.5, 0.6) is 0 Å². The van der Waals surface area contributed by atoms with Gasteiger partial charge < -0.3 is 4.74 Å². The lowest BCUT2D eigenvalue weighted by Gasteiger charge is -2.01. The Hall–Kier alpha value is -3.28. The molecule has 0 atom stereocenters. The molecule has 0 aliphatic rings. The summed E-state index contributed by atoms with van der Waals surface area (Å²) in [4.78, 5) is 11.7. The number of carbonyl (C=O) groups excluding carboxylic acids is 1. The van der Waals surface area contributed by atoms with E-state index in [1.165, 1.54) is 18.2 Å². The summed E-state index contributed by atoms with van der Waals surface area (Å²) in [5.74, 6) is -0.620. The molecule has 0 aliphatic carbocycles. The van der Waals surface area contributed by atoms with E-state index in [-0.39, 0.29) is 11.8 Å². The highest BCUT2D eigenvalue weighted by atomic mass is 19.1. The molecule has 0 fully saturated rings. The van der Waals surface area contributed by atoms with Gasteiger partial charge in [-0.05, 0) is 42.2 Å². The Morgan fingerprint density at radius 2 is 1.89 bits per heavy atom. The second kappa shape index (κ2) is 9.43. The van der Waals surface area contributed by atoms with Gasteiger partial charge in [0.1, 0.15) is 5.82 Å². The molecule has 27 heavy (non-hydrogen) atoms. The van der Waals surface area contributed by atoms with Crippen LogP contribution in [0.1, 0.15) is 23.2 Å². The average Bonchev–Trinajstić information content (AvgIpc) is 3.13. The van der Waals surface area contributed by atoms with Crippen molar-refractivity contribution in [3.8, 4) is 0 Å².